The predicted molar refractivity (Wildman–Crippen MR) is 122 cm³/mol. The number of hydrogen-bond acceptors (Lipinski definition) is 6. The molecule has 0 saturated carbocycles. The lowest BCUT2D eigenvalue weighted by Crippen LogP contribution is -2.09. The fourth-order valence-electron chi connectivity index (χ4n) is 3.14. The van der Waals surface area contributed by atoms with Gasteiger partial charge in [0, 0.05) is 11.6 Å². The zero-order valence-corrected chi connectivity index (χ0v) is 17.9. The van der Waals surface area contributed by atoms with Crippen LogP contribution in [0, 0.1) is 6.92 Å². The van der Waals surface area contributed by atoms with Gasteiger partial charge in [0.25, 0.3) is 0 Å². The Labute approximate surface area is 186 Å². The van der Waals surface area contributed by atoms with Crippen molar-refractivity contribution in [1.82, 2.24) is 0 Å². The van der Waals surface area contributed by atoms with E-state index in [4.69, 9.17) is 18.9 Å². The number of nitrogens with zero attached hydrogens (tertiary/aromatic N) is 1. The first-order valence-electron chi connectivity index (χ1n) is 10.2. The molecular formula is C26H23NO5. The number of aryl methyl sites for hydroxylation is 1. The summed E-state index contributed by atoms with van der Waals surface area (Å²) in [4.78, 5) is 16.5. The highest BCUT2D eigenvalue weighted by atomic mass is 16.6. The van der Waals surface area contributed by atoms with Gasteiger partial charge in [0.1, 0.15) is 30.5 Å². The van der Waals surface area contributed by atoms with Crippen LogP contribution in [0.1, 0.15) is 16.7 Å². The maximum atomic E-state index is 12.2. The Morgan fingerprint density at radius 2 is 1.59 bits per heavy atom. The lowest BCUT2D eigenvalue weighted by atomic mass is 10.1. The van der Waals surface area contributed by atoms with Gasteiger partial charge in [-0.05, 0) is 55.0 Å². The van der Waals surface area contributed by atoms with Gasteiger partial charge in [-0.15, -0.1) is 0 Å². The van der Waals surface area contributed by atoms with Gasteiger partial charge in [-0.25, -0.2) is 9.79 Å². The molecule has 0 radical (unpaired) electrons. The number of carbonyl (C=O) groups is 1. The molecule has 0 atom stereocenters. The summed E-state index contributed by atoms with van der Waals surface area (Å²) in [6, 6.07) is 22.5. The van der Waals surface area contributed by atoms with Crippen LogP contribution in [0.5, 0.6) is 17.2 Å². The summed E-state index contributed by atoms with van der Waals surface area (Å²) in [5.74, 6) is 2.04. The Morgan fingerprint density at radius 1 is 0.875 bits per heavy atom. The van der Waals surface area contributed by atoms with Crippen molar-refractivity contribution in [3.8, 4) is 17.2 Å². The van der Waals surface area contributed by atoms with Crippen molar-refractivity contribution in [3.63, 3.8) is 0 Å². The lowest BCUT2D eigenvalue weighted by molar-refractivity contribution is -0.129. The quantitative estimate of drug-likeness (QED) is 0.292. The molecule has 0 fully saturated rings. The predicted octanol–water partition coefficient (Wildman–Crippen LogP) is 4.81. The molecule has 0 spiro atoms. The summed E-state index contributed by atoms with van der Waals surface area (Å²) in [6.45, 7) is 2.78. The molecule has 0 aliphatic carbocycles. The van der Waals surface area contributed by atoms with Crippen LogP contribution >= 0.6 is 0 Å². The first-order chi connectivity index (χ1) is 15.6. The Balaban J connectivity index is 1.33. The van der Waals surface area contributed by atoms with Crippen LogP contribution in [0.3, 0.4) is 0 Å². The number of benzene rings is 3. The minimum Gasteiger partial charge on any atom is -0.497 e. The molecule has 1 aliphatic heterocycles. The molecule has 162 valence electrons. The molecule has 0 saturated heterocycles. The lowest BCUT2D eigenvalue weighted by Gasteiger charge is -2.09. The highest BCUT2D eigenvalue weighted by molar-refractivity contribution is 6.12. The van der Waals surface area contributed by atoms with Crippen molar-refractivity contribution < 1.29 is 23.7 Å². The van der Waals surface area contributed by atoms with E-state index in [9.17, 15) is 4.79 Å². The van der Waals surface area contributed by atoms with Gasteiger partial charge < -0.3 is 18.9 Å². The number of esters is 1. The largest absolute Gasteiger partial charge is 0.497 e. The molecule has 1 aliphatic rings. The first-order valence-corrected chi connectivity index (χ1v) is 10.2. The van der Waals surface area contributed by atoms with E-state index in [-0.39, 0.29) is 5.70 Å². The smallest absolute Gasteiger partial charge is 0.363 e. The normalized spacial score (nSPS) is 14.1. The second kappa shape index (κ2) is 9.83. The molecule has 0 N–H and O–H groups in total. The molecule has 0 aromatic heterocycles. The van der Waals surface area contributed by atoms with E-state index in [1.54, 1.807) is 13.2 Å². The van der Waals surface area contributed by atoms with E-state index < -0.39 is 5.97 Å². The number of ether oxygens (including phenoxy) is 4. The Morgan fingerprint density at radius 3 is 2.34 bits per heavy atom. The van der Waals surface area contributed by atoms with Gasteiger partial charge in [0.15, 0.2) is 5.70 Å². The highest BCUT2D eigenvalue weighted by Crippen LogP contribution is 2.22. The van der Waals surface area contributed by atoms with Crippen molar-refractivity contribution >= 4 is 17.9 Å². The summed E-state index contributed by atoms with van der Waals surface area (Å²) in [5.41, 5.74) is 2.94. The standard InChI is InChI=1S/C26H23NO5/c1-18-5-3-6-20(15-18)25-27-24(26(28)32-25)16-19-9-11-21(12-10-19)30-13-14-31-23-8-4-7-22(17-23)29-2/h3-12,15-17H,13-14H2,1-2H3/b24-16+. The topological polar surface area (TPSA) is 66.3 Å². The molecule has 4 rings (SSSR count). The molecule has 1 heterocycles. The zero-order valence-electron chi connectivity index (χ0n) is 17.9. The molecule has 0 amide bonds. The fraction of sp³-hybridized carbons (Fsp3) is 0.154. The van der Waals surface area contributed by atoms with Crippen molar-refractivity contribution in [2.24, 2.45) is 4.99 Å². The minimum atomic E-state index is -0.462. The molecule has 3 aromatic rings. The number of carbonyl (C=O) groups excluding carboxylic acids is 1. The van der Waals surface area contributed by atoms with E-state index in [0.717, 1.165) is 28.2 Å². The fourth-order valence-corrected chi connectivity index (χ4v) is 3.14. The van der Waals surface area contributed by atoms with Crippen molar-refractivity contribution in [1.29, 1.82) is 0 Å². The summed E-state index contributed by atoms with van der Waals surface area (Å²) in [7, 11) is 1.62. The number of methoxy groups -OCH3 is 1. The number of cyclic esters (lactones) is 1. The average molecular weight is 429 g/mol. The van der Waals surface area contributed by atoms with E-state index in [0.29, 0.717) is 24.9 Å². The van der Waals surface area contributed by atoms with Gasteiger partial charge in [-0.2, -0.15) is 0 Å². The summed E-state index contributed by atoms with van der Waals surface area (Å²) in [6.07, 6.45) is 1.70. The van der Waals surface area contributed by atoms with Crippen molar-refractivity contribution in [2.75, 3.05) is 20.3 Å². The van der Waals surface area contributed by atoms with E-state index in [1.807, 2.05) is 79.7 Å². The van der Waals surface area contributed by atoms with Crippen molar-refractivity contribution in [3.05, 3.63) is 95.2 Å². The van der Waals surface area contributed by atoms with Crippen LogP contribution in [0.15, 0.2) is 83.5 Å². The third kappa shape index (κ3) is 5.35. The van der Waals surface area contributed by atoms with Crippen LogP contribution in [0.25, 0.3) is 6.08 Å². The molecular weight excluding hydrogens is 406 g/mol. The Hall–Kier alpha value is -4.06. The molecule has 3 aromatic carbocycles. The van der Waals surface area contributed by atoms with E-state index in [1.165, 1.54) is 0 Å². The van der Waals surface area contributed by atoms with Crippen LogP contribution in [-0.2, 0) is 9.53 Å². The minimum absolute atomic E-state index is 0.266. The van der Waals surface area contributed by atoms with Gasteiger partial charge >= 0.3 is 5.97 Å². The summed E-state index contributed by atoms with van der Waals surface area (Å²) >= 11 is 0. The second-order valence-corrected chi connectivity index (χ2v) is 7.15. The van der Waals surface area contributed by atoms with Gasteiger partial charge in [0.2, 0.25) is 5.90 Å². The second-order valence-electron chi connectivity index (χ2n) is 7.15. The number of hydrogen-bond donors (Lipinski definition) is 0. The maximum absolute atomic E-state index is 12.2. The summed E-state index contributed by atoms with van der Waals surface area (Å²) in [5, 5.41) is 0. The van der Waals surface area contributed by atoms with Gasteiger partial charge in [-0.3, -0.25) is 0 Å². The molecule has 6 nitrogen and oxygen atoms in total. The first kappa shape index (κ1) is 21.2. The molecule has 0 unspecified atom stereocenters. The number of aliphatic imine (C=N–C) groups is 1. The third-order valence-corrected chi connectivity index (χ3v) is 4.73. The zero-order chi connectivity index (χ0) is 22.3. The monoisotopic (exact) mass is 429 g/mol. The molecule has 6 heteroatoms. The molecule has 0 bridgehead atoms. The molecule has 32 heavy (non-hydrogen) atoms. The highest BCUT2D eigenvalue weighted by Gasteiger charge is 2.24. The van der Waals surface area contributed by atoms with Gasteiger partial charge in [0.05, 0.1) is 7.11 Å². The van der Waals surface area contributed by atoms with Gasteiger partial charge in [-0.1, -0.05) is 35.9 Å². The summed E-state index contributed by atoms with van der Waals surface area (Å²) < 4.78 is 21.9. The average Bonchev–Trinajstić information content (AvgIpc) is 3.18. The van der Waals surface area contributed by atoms with Crippen LogP contribution in [0.4, 0.5) is 0 Å². The third-order valence-electron chi connectivity index (χ3n) is 4.73. The van der Waals surface area contributed by atoms with Crippen LogP contribution in [0.2, 0.25) is 0 Å². The maximum Gasteiger partial charge on any atom is 0.363 e. The van der Waals surface area contributed by atoms with Crippen LogP contribution in [-0.4, -0.2) is 32.2 Å². The Bertz CT molecular complexity index is 1160. The van der Waals surface area contributed by atoms with E-state index >= 15 is 0 Å². The van der Waals surface area contributed by atoms with Crippen LogP contribution < -0.4 is 14.2 Å². The SMILES string of the molecule is COc1cccc(OCCOc2ccc(/C=C3/N=C(c4cccc(C)c4)OC3=O)cc2)c1. The number of rotatable bonds is 8. The van der Waals surface area contributed by atoms with Crippen molar-refractivity contribution in [2.45, 2.75) is 6.92 Å². The Kier molecular flexibility index (Phi) is 6.51. The van der Waals surface area contributed by atoms with E-state index in [2.05, 4.69) is 4.99 Å².